The lowest BCUT2D eigenvalue weighted by atomic mass is 10.1. The third kappa shape index (κ3) is 28.0. The fraction of sp³-hybridized carbons (Fsp3) is 0.489. The van der Waals surface area contributed by atoms with E-state index in [-0.39, 0.29) is 137 Å². The maximum Gasteiger partial charge on any atom is 0.326 e. The van der Waals surface area contributed by atoms with Gasteiger partial charge in [0.1, 0.15) is 29.7 Å². The van der Waals surface area contributed by atoms with Gasteiger partial charge in [-0.3, -0.25) is 14.4 Å². The first-order valence-corrected chi connectivity index (χ1v) is 24.2. The lowest BCUT2D eigenvalue weighted by Gasteiger charge is -2.14. The van der Waals surface area contributed by atoms with Crippen LogP contribution in [0.1, 0.15) is 137 Å². The molecule has 438 valence electrons. The van der Waals surface area contributed by atoms with Crippen molar-refractivity contribution in [3.63, 3.8) is 0 Å². The van der Waals surface area contributed by atoms with Crippen LogP contribution in [0.3, 0.4) is 0 Å². The number of Topliss-reactive ketones (excluding diaryl/α,β-unsaturated/α-hetero) is 2. The summed E-state index contributed by atoms with van der Waals surface area (Å²) in [6.07, 6.45) is 1.17. The van der Waals surface area contributed by atoms with Gasteiger partial charge in [0.2, 0.25) is 35.4 Å². The molecule has 21 N–H and O–H groups in total. The van der Waals surface area contributed by atoms with Crippen molar-refractivity contribution < 1.29 is 81.6 Å². The first-order valence-electron chi connectivity index (χ1n) is 24.2. The van der Waals surface area contributed by atoms with Crippen LogP contribution in [-0.4, -0.2) is 129 Å². The van der Waals surface area contributed by atoms with Gasteiger partial charge in [-0.2, -0.15) is 15.0 Å². The molecular formula is C45H66N18O17. The SMILES string of the molecule is CC(=O)CC[C@H](NC(=O)NCc1nc([C@@H](N)CCC(N)=O)no1)C(=O)O.CC(=O)CC[C@H](NC(=O)NCc1nc([C@@H](N)CCC(N)=O)no1)C(=O)O.NC(=O)CC[C@H](N)c1noc(CNC(=O)N[C@@H](Cc2ccccc2)C(=O)O)n1. The number of carboxylic acids is 3. The van der Waals surface area contributed by atoms with Crippen molar-refractivity contribution >= 4 is 65.3 Å². The number of rotatable bonds is 32. The largest absolute Gasteiger partial charge is 0.480 e. The molecule has 0 bridgehead atoms. The summed E-state index contributed by atoms with van der Waals surface area (Å²) in [6.45, 7) is 2.25. The predicted octanol–water partition coefficient (Wildman–Crippen LogP) is -2.26. The Labute approximate surface area is 454 Å². The van der Waals surface area contributed by atoms with E-state index < -0.39 is 90.0 Å². The summed E-state index contributed by atoms with van der Waals surface area (Å²) < 4.78 is 14.8. The van der Waals surface area contributed by atoms with Crippen molar-refractivity contribution in [1.29, 1.82) is 0 Å². The van der Waals surface area contributed by atoms with Crippen molar-refractivity contribution in [2.24, 2.45) is 34.4 Å². The lowest BCUT2D eigenvalue weighted by molar-refractivity contribution is -0.140. The lowest BCUT2D eigenvalue weighted by Crippen LogP contribution is -2.46. The first-order chi connectivity index (χ1) is 37.7. The molecule has 0 aliphatic rings. The number of carbonyl (C=O) groups is 11. The number of carboxylic acid groups (broad SMARTS) is 3. The fourth-order valence-corrected chi connectivity index (χ4v) is 6.11. The van der Waals surface area contributed by atoms with Crippen LogP contribution in [0.5, 0.6) is 0 Å². The number of carbonyl (C=O) groups excluding carboxylic acids is 8. The van der Waals surface area contributed by atoms with E-state index in [1.165, 1.54) is 13.8 Å². The Hall–Kier alpha value is -9.51. The van der Waals surface area contributed by atoms with Crippen molar-refractivity contribution in [3.8, 4) is 0 Å². The predicted molar refractivity (Wildman–Crippen MR) is 269 cm³/mol. The molecule has 35 heteroatoms. The minimum Gasteiger partial charge on any atom is -0.480 e. The zero-order chi connectivity index (χ0) is 59.9. The number of primary amides is 3. The molecule has 3 aromatic heterocycles. The molecule has 0 spiro atoms. The van der Waals surface area contributed by atoms with Crippen LogP contribution in [0.25, 0.3) is 0 Å². The zero-order valence-electron chi connectivity index (χ0n) is 43.5. The minimum atomic E-state index is -1.25. The van der Waals surface area contributed by atoms with Gasteiger partial charge in [0, 0.05) is 38.5 Å². The summed E-state index contributed by atoms with van der Waals surface area (Å²) in [7, 11) is 0. The Balaban J connectivity index is 0.000000411. The average Bonchev–Trinajstić information content (AvgIpc) is 4.20. The van der Waals surface area contributed by atoms with Crippen LogP contribution in [0, 0.1) is 0 Å². The number of aliphatic carboxylic acids is 3. The summed E-state index contributed by atoms with van der Waals surface area (Å²) >= 11 is 0. The Bertz CT molecular complexity index is 2590. The van der Waals surface area contributed by atoms with Crippen molar-refractivity contribution in [2.75, 3.05) is 0 Å². The second-order valence-corrected chi connectivity index (χ2v) is 17.3. The highest BCUT2D eigenvalue weighted by molar-refractivity contribution is 5.85. The molecule has 0 aliphatic heterocycles. The average molecular weight is 1130 g/mol. The topological polar surface area (TPSA) is 594 Å². The van der Waals surface area contributed by atoms with E-state index >= 15 is 0 Å². The maximum atomic E-state index is 12.0. The van der Waals surface area contributed by atoms with E-state index in [9.17, 15) is 57.8 Å². The molecule has 4 rings (SSSR count). The quantitative estimate of drug-likeness (QED) is 0.0245. The Morgan fingerprint density at radius 3 is 1.04 bits per heavy atom. The van der Waals surface area contributed by atoms with Gasteiger partial charge >= 0.3 is 36.0 Å². The van der Waals surface area contributed by atoms with E-state index in [2.05, 4.69) is 62.3 Å². The number of hydrogen-bond acceptors (Lipinski definition) is 23. The second-order valence-electron chi connectivity index (χ2n) is 17.3. The number of nitrogens with two attached hydrogens (primary N) is 6. The summed E-state index contributed by atoms with van der Waals surface area (Å²) in [5.41, 5.74) is 33.3. The van der Waals surface area contributed by atoms with Crippen molar-refractivity contribution in [1.82, 2.24) is 62.3 Å². The molecular weight excluding hydrogens is 1060 g/mol. The van der Waals surface area contributed by atoms with Crippen LogP contribution in [0.15, 0.2) is 43.9 Å². The molecule has 1 aromatic carbocycles. The number of aromatic nitrogens is 6. The third-order valence-electron chi connectivity index (χ3n) is 10.4. The molecule has 0 fully saturated rings. The van der Waals surface area contributed by atoms with Crippen LogP contribution >= 0.6 is 0 Å². The monoisotopic (exact) mass is 1130 g/mol. The molecule has 35 nitrogen and oxygen atoms in total. The molecule has 0 saturated heterocycles. The van der Waals surface area contributed by atoms with Crippen LogP contribution < -0.4 is 66.3 Å². The number of nitrogens with one attached hydrogen (secondary N) is 6. The number of amides is 9. The highest BCUT2D eigenvalue weighted by Gasteiger charge is 2.24. The Kier molecular flexibility index (Phi) is 29.1. The molecule has 0 radical (unpaired) electrons. The molecule has 6 atom stereocenters. The highest BCUT2D eigenvalue weighted by Crippen LogP contribution is 2.15. The molecule has 80 heavy (non-hydrogen) atoms. The normalized spacial score (nSPS) is 12.8. The second kappa shape index (κ2) is 35.0. The molecule has 0 unspecified atom stereocenters. The van der Waals surface area contributed by atoms with Gasteiger partial charge in [-0.1, -0.05) is 45.8 Å². The van der Waals surface area contributed by atoms with Crippen LogP contribution in [0.4, 0.5) is 14.4 Å². The maximum absolute atomic E-state index is 12.0. The van der Waals surface area contributed by atoms with Crippen molar-refractivity contribution in [3.05, 3.63) is 71.0 Å². The number of urea groups is 3. The number of nitrogens with zero attached hydrogens (tertiary/aromatic N) is 6. The first kappa shape index (κ1) is 66.6. The van der Waals surface area contributed by atoms with E-state index in [4.69, 9.17) is 58.2 Å². The van der Waals surface area contributed by atoms with Gasteiger partial charge in [0.05, 0.1) is 37.8 Å². The number of hydrogen-bond donors (Lipinski definition) is 15. The van der Waals surface area contributed by atoms with E-state index in [0.29, 0.717) is 0 Å². The van der Waals surface area contributed by atoms with Gasteiger partial charge in [0.15, 0.2) is 17.5 Å². The van der Waals surface area contributed by atoms with Gasteiger partial charge in [0.25, 0.3) is 0 Å². The minimum absolute atomic E-state index is 0.0164. The number of benzene rings is 1. The molecule has 4 aromatic rings. The molecule has 0 saturated carbocycles. The smallest absolute Gasteiger partial charge is 0.326 e. The Morgan fingerprint density at radius 1 is 0.463 bits per heavy atom. The van der Waals surface area contributed by atoms with Gasteiger partial charge in [-0.15, -0.1) is 0 Å². The van der Waals surface area contributed by atoms with Crippen LogP contribution in [0.2, 0.25) is 0 Å². The summed E-state index contributed by atoms with van der Waals surface area (Å²) in [5, 5.41) is 52.4. The van der Waals surface area contributed by atoms with Gasteiger partial charge in [-0.25, -0.2) is 28.8 Å². The van der Waals surface area contributed by atoms with Gasteiger partial charge in [-0.05, 0) is 51.5 Å². The summed E-state index contributed by atoms with van der Waals surface area (Å²) in [4.78, 5) is 135. The molecule has 3 heterocycles. The highest BCUT2D eigenvalue weighted by atomic mass is 16.5. The van der Waals surface area contributed by atoms with Crippen LogP contribution in [-0.2, 0) is 64.4 Å². The third-order valence-corrected chi connectivity index (χ3v) is 10.4. The summed E-state index contributed by atoms with van der Waals surface area (Å²) in [6, 6.07) is 1.33. The number of ketones is 2. The van der Waals surface area contributed by atoms with E-state index in [1.807, 2.05) is 6.07 Å². The molecule has 0 aliphatic carbocycles. The zero-order valence-corrected chi connectivity index (χ0v) is 43.5. The summed E-state index contributed by atoms with van der Waals surface area (Å²) in [5.74, 6) is -4.78. The van der Waals surface area contributed by atoms with E-state index in [1.54, 1.807) is 24.3 Å². The molecule has 9 amide bonds. The fourth-order valence-electron chi connectivity index (χ4n) is 6.11. The van der Waals surface area contributed by atoms with Crippen molar-refractivity contribution in [2.45, 2.75) is 140 Å². The standard InChI is InChI=1S/C17H22N6O5.2C14H22N6O6/c18-11(6-7-13(19)24)15-22-14(28-23-15)9-20-17(27)21-12(16(25)26)8-10-4-2-1-3-5-10;2*1-7(21)2-4-9(13(23)24)18-14(25)17-6-11-19-12(20-26-11)8(15)3-5-10(16)22/h1-5,11-12H,6-9,18H2,(H2,19,24)(H,25,26)(H2,20,21,27);2*8-9H,2-6,15H2,1H3,(H2,16,22)(H,23,24)(H2,17,18,25)/t11-,12-;2*8-,9-/m000/s1. The van der Waals surface area contributed by atoms with Gasteiger partial charge < -0.3 is 105 Å². The van der Waals surface area contributed by atoms with E-state index in [0.717, 1.165) is 5.56 Å². The Morgan fingerprint density at radius 2 is 0.762 bits per heavy atom.